The van der Waals surface area contributed by atoms with Gasteiger partial charge in [0.1, 0.15) is 0 Å². The van der Waals surface area contributed by atoms with E-state index in [1.165, 1.54) is 0 Å². The molecule has 0 saturated heterocycles. The Kier molecular flexibility index (Phi) is 6.88. The first-order valence-corrected chi connectivity index (χ1v) is 8.43. The van der Waals surface area contributed by atoms with Crippen LogP contribution >= 0.6 is 15.9 Å². The van der Waals surface area contributed by atoms with Crippen molar-refractivity contribution in [3.05, 3.63) is 16.4 Å². The highest BCUT2D eigenvalue weighted by molar-refractivity contribution is 9.10. The van der Waals surface area contributed by atoms with Crippen LogP contribution in [0.4, 0.5) is 0 Å². The van der Waals surface area contributed by atoms with E-state index in [4.69, 9.17) is 0 Å². The van der Waals surface area contributed by atoms with Gasteiger partial charge in [-0.1, -0.05) is 27.7 Å². The van der Waals surface area contributed by atoms with Gasteiger partial charge in [0, 0.05) is 6.54 Å². The average molecular weight is 360 g/mol. The Hall–Kier alpha value is -0.390. The fourth-order valence-corrected chi connectivity index (χ4v) is 3.36. The molecular formula is C16H30BrN3O. The van der Waals surface area contributed by atoms with Crippen molar-refractivity contribution in [1.82, 2.24) is 14.7 Å². The minimum atomic E-state index is -0.471. The number of hydrogen-bond acceptors (Lipinski definition) is 3. The molecule has 1 aromatic heterocycles. The fraction of sp³-hybridized carbons (Fsp3) is 0.812. The molecule has 1 aromatic rings. The van der Waals surface area contributed by atoms with Crippen molar-refractivity contribution >= 4 is 15.9 Å². The Morgan fingerprint density at radius 3 is 2.52 bits per heavy atom. The molecule has 4 nitrogen and oxygen atoms in total. The largest absolute Gasteiger partial charge is 0.387 e. The molecule has 122 valence electrons. The first-order valence-electron chi connectivity index (χ1n) is 7.64. The van der Waals surface area contributed by atoms with Gasteiger partial charge in [-0.3, -0.25) is 4.68 Å². The Morgan fingerprint density at radius 1 is 1.38 bits per heavy atom. The van der Waals surface area contributed by atoms with Crippen LogP contribution in [0.25, 0.3) is 0 Å². The van der Waals surface area contributed by atoms with Gasteiger partial charge in [0.05, 0.1) is 29.0 Å². The molecule has 1 N–H and O–H groups in total. The molecule has 2 atom stereocenters. The second-order valence-electron chi connectivity index (χ2n) is 7.53. The molecule has 0 aliphatic heterocycles. The maximum atomic E-state index is 10.6. The monoisotopic (exact) mass is 359 g/mol. The number of aromatic nitrogens is 2. The topological polar surface area (TPSA) is 41.3 Å². The summed E-state index contributed by atoms with van der Waals surface area (Å²) in [5.41, 5.74) is 1.19. The van der Waals surface area contributed by atoms with E-state index in [1.54, 1.807) is 6.20 Å². The molecule has 0 aliphatic carbocycles. The number of aliphatic hydroxyl groups is 1. The summed E-state index contributed by atoms with van der Waals surface area (Å²) < 4.78 is 2.81. The van der Waals surface area contributed by atoms with Gasteiger partial charge >= 0.3 is 0 Å². The summed E-state index contributed by atoms with van der Waals surface area (Å²) in [5.74, 6) is 0.476. The molecule has 0 aromatic carbocycles. The second kappa shape index (κ2) is 7.75. The van der Waals surface area contributed by atoms with E-state index in [-0.39, 0.29) is 0 Å². The summed E-state index contributed by atoms with van der Waals surface area (Å²) in [6.07, 6.45) is 3.18. The van der Waals surface area contributed by atoms with E-state index in [2.05, 4.69) is 53.6 Å². The second-order valence-corrected chi connectivity index (χ2v) is 8.38. The van der Waals surface area contributed by atoms with Gasteiger partial charge in [-0.05, 0) is 54.2 Å². The van der Waals surface area contributed by atoms with Crippen molar-refractivity contribution in [2.24, 2.45) is 11.3 Å². The highest BCUT2D eigenvalue weighted by Gasteiger charge is 2.23. The minimum absolute atomic E-state index is 0.293. The number of hydrogen-bond donors (Lipinski definition) is 1. The van der Waals surface area contributed by atoms with Crippen LogP contribution in [0.3, 0.4) is 0 Å². The normalized spacial score (nSPS) is 15.5. The molecule has 1 heterocycles. The zero-order chi connectivity index (χ0) is 16.2. The van der Waals surface area contributed by atoms with Crippen molar-refractivity contribution in [3.63, 3.8) is 0 Å². The highest BCUT2D eigenvalue weighted by atomic mass is 79.9. The van der Waals surface area contributed by atoms with Gasteiger partial charge in [0.2, 0.25) is 0 Å². The van der Waals surface area contributed by atoms with Gasteiger partial charge in [-0.15, -0.1) is 0 Å². The molecule has 0 spiro atoms. The van der Waals surface area contributed by atoms with Crippen LogP contribution in [-0.4, -0.2) is 40.4 Å². The van der Waals surface area contributed by atoms with Crippen molar-refractivity contribution in [2.45, 2.75) is 53.2 Å². The Labute approximate surface area is 137 Å². The zero-order valence-corrected chi connectivity index (χ0v) is 15.8. The molecule has 0 amide bonds. The standard InChI is InChI=1S/C16H30BrN3O/c1-12(10-16(2,3)4)9-14(21)15-13(17)11-18-20(15)8-7-19(5)6/h11-12,14,21H,7-10H2,1-6H3. The van der Waals surface area contributed by atoms with Crippen LogP contribution in [-0.2, 0) is 6.54 Å². The lowest BCUT2D eigenvalue weighted by Crippen LogP contribution is -2.22. The van der Waals surface area contributed by atoms with Gasteiger partial charge in [-0.2, -0.15) is 5.10 Å². The van der Waals surface area contributed by atoms with Gasteiger partial charge in [-0.25, -0.2) is 0 Å². The summed E-state index contributed by atoms with van der Waals surface area (Å²) in [6.45, 7) is 10.6. The van der Waals surface area contributed by atoms with Gasteiger partial charge in [0.15, 0.2) is 0 Å². The van der Waals surface area contributed by atoms with Crippen LogP contribution in [0.15, 0.2) is 10.7 Å². The summed E-state index contributed by atoms with van der Waals surface area (Å²) in [7, 11) is 4.08. The number of likely N-dealkylation sites (N-methyl/N-ethyl adjacent to an activating group) is 1. The number of halogens is 1. The molecule has 0 saturated carbocycles. The summed E-state index contributed by atoms with van der Waals surface area (Å²) in [6, 6.07) is 0. The lowest BCUT2D eigenvalue weighted by atomic mass is 9.83. The first-order chi connectivity index (χ1) is 9.60. The highest BCUT2D eigenvalue weighted by Crippen LogP contribution is 2.32. The van der Waals surface area contributed by atoms with Crippen molar-refractivity contribution in [1.29, 1.82) is 0 Å². The van der Waals surface area contributed by atoms with Crippen molar-refractivity contribution < 1.29 is 5.11 Å². The predicted octanol–water partition coefficient (Wildman–Crippen LogP) is 3.70. The van der Waals surface area contributed by atoms with Crippen LogP contribution < -0.4 is 0 Å². The van der Waals surface area contributed by atoms with E-state index in [0.29, 0.717) is 11.3 Å². The lowest BCUT2D eigenvalue weighted by molar-refractivity contribution is 0.123. The zero-order valence-electron chi connectivity index (χ0n) is 14.2. The predicted molar refractivity (Wildman–Crippen MR) is 91.3 cm³/mol. The minimum Gasteiger partial charge on any atom is -0.387 e. The van der Waals surface area contributed by atoms with E-state index in [1.807, 2.05) is 18.8 Å². The van der Waals surface area contributed by atoms with Crippen LogP contribution in [0.2, 0.25) is 0 Å². The average Bonchev–Trinajstić information content (AvgIpc) is 2.65. The molecule has 2 unspecified atom stereocenters. The molecule has 21 heavy (non-hydrogen) atoms. The van der Waals surface area contributed by atoms with Crippen LogP contribution in [0.5, 0.6) is 0 Å². The smallest absolute Gasteiger partial charge is 0.0970 e. The van der Waals surface area contributed by atoms with E-state index in [9.17, 15) is 5.11 Å². The third-order valence-electron chi connectivity index (χ3n) is 3.49. The number of nitrogens with zero attached hydrogens (tertiary/aromatic N) is 3. The number of rotatable bonds is 7. The maximum Gasteiger partial charge on any atom is 0.0970 e. The summed E-state index contributed by atoms with van der Waals surface area (Å²) in [5, 5.41) is 15.0. The maximum absolute atomic E-state index is 10.6. The summed E-state index contributed by atoms with van der Waals surface area (Å²) in [4.78, 5) is 2.12. The first kappa shape index (κ1) is 18.7. The fourth-order valence-electron chi connectivity index (χ4n) is 2.80. The third-order valence-corrected chi connectivity index (χ3v) is 4.11. The molecule has 1 rings (SSSR count). The third kappa shape index (κ3) is 6.49. The van der Waals surface area contributed by atoms with Crippen LogP contribution in [0, 0.1) is 11.3 Å². The Balaban J connectivity index is 2.73. The van der Waals surface area contributed by atoms with E-state index < -0.39 is 6.10 Å². The molecule has 5 heteroatoms. The van der Waals surface area contributed by atoms with Gasteiger partial charge < -0.3 is 10.0 Å². The molecule has 0 fully saturated rings. The molecule has 0 radical (unpaired) electrons. The molecule has 0 aliphatic rings. The Morgan fingerprint density at radius 2 is 2.00 bits per heavy atom. The van der Waals surface area contributed by atoms with E-state index in [0.717, 1.165) is 36.1 Å². The van der Waals surface area contributed by atoms with Crippen LogP contribution in [0.1, 0.15) is 52.3 Å². The summed E-state index contributed by atoms with van der Waals surface area (Å²) >= 11 is 3.52. The lowest BCUT2D eigenvalue weighted by Gasteiger charge is -2.25. The Bertz CT molecular complexity index is 437. The SMILES string of the molecule is CC(CC(O)c1c(Br)cnn1CCN(C)C)CC(C)(C)C. The van der Waals surface area contributed by atoms with Gasteiger partial charge in [0.25, 0.3) is 0 Å². The molecule has 0 bridgehead atoms. The van der Waals surface area contributed by atoms with Crippen molar-refractivity contribution in [3.8, 4) is 0 Å². The quantitative estimate of drug-likeness (QED) is 0.806. The molecular weight excluding hydrogens is 330 g/mol. The van der Waals surface area contributed by atoms with Crippen molar-refractivity contribution in [2.75, 3.05) is 20.6 Å². The van der Waals surface area contributed by atoms with E-state index >= 15 is 0 Å². The number of aliphatic hydroxyl groups excluding tert-OH is 1.